The van der Waals surface area contributed by atoms with Crippen molar-refractivity contribution in [1.29, 1.82) is 0 Å². The van der Waals surface area contributed by atoms with Gasteiger partial charge in [-0.2, -0.15) is 0 Å². The molecule has 0 fully saturated rings. The molecule has 2 heterocycles. The number of hydrogen-bond donors (Lipinski definition) is 0. The summed E-state index contributed by atoms with van der Waals surface area (Å²) in [7, 11) is 0. The predicted molar refractivity (Wildman–Crippen MR) is 218 cm³/mol. The van der Waals surface area contributed by atoms with E-state index < -0.39 is 0 Å². The molecule has 8 aromatic carbocycles. The molecule has 0 saturated carbocycles. The SMILES string of the molecule is c1ccc(-c2cc3c4c5c6c(cccc6ccc5n(-c5cccc(-c6nc(-c7ccccc7)nc(-c7ccccc7)n6)c5)c4c2)-c2ccccc2-3)cc1. The molecule has 0 amide bonds. The van der Waals surface area contributed by atoms with Crippen molar-refractivity contribution in [2.75, 3.05) is 0 Å². The van der Waals surface area contributed by atoms with Gasteiger partial charge in [-0.05, 0) is 74.5 Å². The van der Waals surface area contributed by atoms with E-state index in [0.717, 1.165) is 27.9 Å². The van der Waals surface area contributed by atoms with Crippen LogP contribution in [0.4, 0.5) is 0 Å². The minimum Gasteiger partial charge on any atom is -0.309 e. The first-order chi connectivity index (χ1) is 26.3. The van der Waals surface area contributed by atoms with Crippen LogP contribution in [0.3, 0.4) is 0 Å². The zero-order valence-corrected chi connectivity index (χ0v) is 28.6. The molecular formula is C49H30N4. The van der Waals surface area contributed by atoms with Crippen molar-refractivity contribution >= 4 is 32.6 Å². The molecule has 0 atom stereocenters. The fourth-order valence-corrected chi connectivity index (χ4v) is 8.19. The summed E-state index contributed by atoms with van der Waals surface area (Å²) in [5.74, 6) is 1.93. The average Bonchev–Trinajstić information content (AvgIpc) is 3.52. The van der Waals surface area contributed by atoms with Gasteiger partial charge < -0.3 is 4.57 Å². The van der Waals surface area contributed by atoms with Crippen LogP contribution in [0.1, 0.15) is 0 Å². The third kappa shape index (κ3) is 4.66. The van der Waals surface area contributed by atoms with Crippen LogP contribution in [0.25, 0.3) is 106 Å². The summed E-state index contributed by atoms with van der Waals surface area (Å²) >= 11 is 0. The maximum atomic E-state index is 5.07. The lowest BCUT2D eigenvalue weighted by atomic mass is 9.92. The van der Waals surface area contributed by atoms with Gasteiger partial charge in [-0.1, -0.05) is 152 Å². The van der Waals surface area contributed by atoms with Crippen molar-refractivity contribution < 1.29 is 0 Å². The first-order valence-electron chi connectivity index (χ1n) is 18.0. The summed E-state index contributed by atoms with van der Waals surface area (Å²) in [4.78, 5) is 15.1. The first kappa shape index (κ1) is 29.5. The Labute approximate surface area is 306 Å². The summed E-state index contributed by atoms with van der Waals surface area (Å²) in [6, 6.07) is 64.5. The second-order valence-electron chi connectivity index (χ2n) is 13.6. The van der Waals surface area contributed by atoms with E-state index in [1.807, 2.05) is 60.7 Å². The lowest BCUT2D eigenvalue weighted by Gasteiger charge is -2.16. The second-order valence-corrected chi connectivity index (χ2v) is 13.6. The molecule has 0 unspecified atom stereocenters. The van der Waals surface area contributed by atoms with Crippen LogP contribution in [-0.4, -0.2) is 19.5 Å². The molecule has 1 aliphatic rings. The van der Waals surface area contributed by atoms with Crippen LogP contribution < -0.4 is 0 Å². The maximum Gasteiger partial charge on any atom is 0.164 e. The molecule has 246 valence electrons. The van der Waals surface area contributed by atoms with E-state index >= 15 is 0 Å². The van der Waals surface area contributed by atoms with Gasteiger partial charge in [0.05, 0.1) is 11.0 Å². The smallest absolute Gasteiger partial charge is 0.164 e. The molecule has 0 N–H and O–H groups in total. The minimum atomic E-state index is 0.633. The Kier molecular flexibility index (Phi) is 6.52. The number of fused-ring (bicyclic) bond motifs is 3. The Morgan fingerprint density at radius 3 is 1.53 bits per heavy atom. The number of benzene rings is 8. The Bertz CT molecular complexity index is 2980. The minimum absolute atomic E-state index is 0.633. The fourth-order valence-electron chi connectivity index (χ4n) is 8.19. The molecule has 2 aromatic heterocycles. The molecule has 4 heteroatoms. The summed E-state index contributed by atoms with van der Waals surface area (Å²) in [6.45, 7) is 0. The van der Waals surface area contributed by atoms with E-state index in [9.17, 15) is 0 Å². The Morgan fingerprint density at radius 2 is 0.849 bits per heavy atom. The van der Waals surface area contributed by atoms with Gasteiger partial charge in [0, 0.05) is 33.2 Å². The number of rotatable bonds is 5. The van der Waals surface area contributed by atoms with Crippen LogP contribution >= 0.6 is 0 Å². The Balaban J connectivity index is 1.21. The van der Waals surface area contributed by atoms with E-state index in [1.165, 1.54) is 60.4 Å². The van der Waals surface area contributed by atoms with E-state index in [1.54, 1.807) is 0 Å². The van der Waals surface area contributed by atoms with Crippen molar-refractivity contribution in [3.05, 3.63) is 182 Å². The number of aromatic nitrogens is 4. The van der Waals surface area contributed by atoms with Crippen LogP contribution in [0.5, 0.6) is 0 Å². The van der Waals surface area contributed by atoms with Gasteiger partial charge in [-0.25, -0.2) is 15.0 Å². The zero-order chi connectivity index (χ0) is 34.9. The first-order valence-corrected chi connectivity index (χ1v) is 18.0. The third-order valence-electron chi connectivity index (χ3n) is 10.5. The molecule has 4 nitrogen and oxygen atoms in total. The van der Waals surface area contributed by atoms with Crippen molar-refractivity contribution in [3.8, 4) is 73.2 Å². The van der Waals surface area contributed by atoms with E-state index in [4.69, 9.17) is 15.0 Å². The molecule has 1 aliphatic carbocycles. The summed E-state index contributed by atoms with van der Waals surface area (Å²) in [5.41, 5.74) is 13.6. The lowest BCUT2D eigenvalue weighted by molar-refractivity contribution is 1.07. The highest BCUT2D eigenvalue weighted by Gasteiger charge is 2.26. The average molecular weight is 675 g/mol. The Hall–Kier alpha value is -7.17. The van der Waals surface area contributed by atoms with Crippen molar-refractivity contribution in [1.82, 2.24) is 19.5 Å². The molecule has 0 radical (unpaired) electrons. The highest BCUT2D eigenvalue weighted by Crippen LogP contribution is 2.50. The fraction of sp³-hybridized carbons (Fsp3) is 0. The normalized spacial score (nSPS) is 11.8. The van der Waals surface area contributed by atoms with Gasteiger partial charge in [-0.3, -0.25) is 0 Å². The molecule has 0 spiro atoms. The quantitative estimate of drug-likeness (QED) is 0.182. The lowest BCUT2D eigenvalue weighted by Crippen LogP contribution is -2.01. The monoisotopic (exact) mass is 674 g/mol. The van der Waals surface area contributed by atoms with Gasteiger partial charge in [0.15, 0.2) is 17.5 Å². The molecular weight excluding hydrogens is 645 g/mol. The highest BCUT2D eigenvalue weighted by atomic mass is 15.0. The van der Waals surface area contributed by atoms with Gasteiger partial charge in [0.2, 0.25) is 0 Å². The van der Waals surface area contributed by atoms with Gasteiger partial charge in [0.1, 0.15) is 0 Å². The molecule has 53 heavy (non-hydrogen) atoms. The van der Waals surface area contributed by atoms with Crippen LogP contribution in [-0.2, 0) is 0 Å². The number of hydrogen-bond acceptors (Lipinski definition) is 3. The Morgan fingerprint density at radius 1 is 0.302 bits per heavy atom. The molecule has 0 bridgehead atoms. The van der Waals surface area contributed by atoms with Crippen LogP contribution in [0, 0.1) is 0 Å². The number of nitrogens with zero attached hydrogens (tertiary/aromatic N) is 4. The van der Waals surface area contributed by atoms with Crippen molar-refractivity contribution in [2.45, 2.75) is 0 Å². The summed E-state index contributed by atoms with van der Waals surface area (Å²) < 4.78 is 2.44. The van der Waals surface area contributed by atoms with Crippen LogP contribution in [0.2, 0.25) is 0 Å². The van der Waals surface area contributed by atoms with Gasteiger partial charge in [0.25, 0.3) is 0 Å². The highest BCUT2D eigenvalue weighted by molar-refractivity contribution is 6.30. The van der Waals surface area contributed by atoms with E-state index in [0.29, 0.717) is 17.5 Å². The summed E-state index contributed by atoms with van der Waals surface area (Å²) in [5, 5.41) is 5.08. The largest absolute Gasteiger partial charge is 0.309 e. The van der Waals surface area contributed by atoms with Gasteiger partial charge in [-0.15, -0.1) is 0 Å². The third-order valence-corrected chi connectivity index (χ3v) is 10.5. The maximum absolute atomic E-state index is 5.07. The van der Waals surface area contributed by atoms with Gasteiger partial charge >= 0.3 is 0 Å². The standard InChI is InChI=1S/C49H30N4/c1-4-14-31(15-5-1)36-29-41-39-24-11-10-23-38(39)40-25-13-20-32-26-27-42-46(44(32)40)45(41)43(30-36)53(42)37-22-12-21-35(28-37)49-51-47(33-16-6-2-7-17-33)50-48(52-49)34-18-8-3-9-19-34/h1-30H. The molecule has 0 aliphatic heterocycles. The second kappa shape index (κ2) is 11.7. The molecule has 11 rings (SSSR count). The van der Waals surface area contributed by atoms with E-state index in [2.05, 4.69) is 126 Å². The molecule has 10 aromatic rings. The van der Waals surface area contributed by atoms with Crippen LogP contribution in [0.15, 0.2) is 182 Å². The van der Waals surface area contributed by atoms with Crippen molar-refractivity contribution in [3.63, 3.8) is 0 Å². The van der Waals surface area contributed by atoms with E-state index in [-0.39, 0.29) is 0 Å². The molecule has 0 saturated heterocycles. The zero-order valence-electron chi connectivity index (χ0n) is 28.6. The predicted octanol–water partition coefficient (Wildman–Crippen LogP) is 12.4. The topological polar surface area (TPSA) is 43.6 Å². The summed E-state index contributed by atoms with van der Waals surface area (Å²) in [6.07, 6.45) is 0. The van der Waals surface area contributed by atoms with Crippen molar-refractivity contribution in [2.24, 2.45) is 0 Å².